The van der Waals surface area contributed by atoms with Crippen LogP contribution in [0.25, 0.3) is 17.7 Å². The Labute approximate surface area is 276 Å². The van der Waals surface area contributed by atoms with Crippen molar-refractivity contribution in [2.24, 2.45) is 0 Å². The quantitative estimate of drug-likeness (QED) is 0.268. The van der Waals surface area contributed by atoms with Gasteiger partial charge in [0.2, 0.25) is 11.6 Å². The molecule has 0 saturated heterocycles. The van der Waals surface area contributed by atoms with E-state index in [1.54, 1.807) is 30.3 Å². The van der Waals surface area contributed by atoms with Gasteiger partial charge in [0, 0.05) is 63.8 Å². The van der Waals surface area contributed by atoms with Gasteiger partial charge in [0.25, 0.3) is 15.9 Å². The number of benzene rings is 2. The Morgan fingerprint density at radius 2 is 1.48 bits per heavy atom. The number of hydrogen-bond donors (Lipinski definition) is 1. The minimum absolute atomic E-state index is 0. The molecular formula is C28H29KN5O5S. The van der Waals surface area contributed by atoms with Crippen molar-refractivity contribution in [3.8, 4) is 34.8 Å². The van der Waals surface area contributed by atoms with Crippen LogP contribution in [0.1, 0.15) is 31.9 Å². The summed E-state index contributed by atoms with van der Waals surface area (Å²) >= 11 is 0. The molecule has 2 heterocycles. The Morgan fingerprint density at radius 3 is 2.08 bits per heavy atom. The van der Waals surface area contributed by atoms with Crippen molar-refractivity contribution in [3.63, 3.8) is 0 Å². The molecule has 1 radical (unpaired) electrons. The van der Waals surface area contributed by atoms with Crippen molar-refractivity contribution in [2.45, 2.75) is 26.2 Å². The van der Waals surface area contributed by atoms with E-state index in [0.29, 0.717) is 11.5 Å². The molecule has 4 rings (SSSR count). The normalized spacial score (nSPS) is 11.5. The Balaban J connectivity index is 0.00000441. The van der Waals surface area contributed by atoms with Crippen LogP contribution in [-0.4, -0.2) is 94.0 Å². The van der Waals surface area contributed by atoms with Gasteiger partial charge in [-0.2, -0.15) is 4.98 Å². The third-order valence-corrected chi connectivity index (χ3v) is 6.50. The molecule has 203 valence electrons. The van der Waals surface area contributed by atoms with E-state index in [4.69, 9.17) is 14.2 Å². The first-order chi connectivity index (χ1) is 18.6. The second-order valence-corrected chi connectivity index (χ2v) is 10.9. The average Bonchev–Trinajstić information content (AvgIpc) is 2.93. The van der Waals surface area contributed by atoms with Gasteiger partial charge in [-0.3, -0.25) is 4.72 Å². The standard InChI is InChI=1S/C28H29N5O5S.K/c1-28(2,3)20-13-11-19(12-14-20)15-18-39(34,35)33-24-23(38-22-10-7-6-9-21(22)36-4)27(37-5)32-26(31-24)25-29-16-8-17-30-25;/h6-18H,1-5H3,(H,31,32,33);. The summed E-state index contributed by atoms with van der Waals surface area (Å²) < 4.78 is 45.6. The van der Waals surface area contributed by atoms with Gasteiger partial charge in [-0.05, 0) is 40.8 Å². The van der Waals surface area contributed by atoms with E-state index in [2.05, 4.69) is 45.4 Å². The number of hydrogen-bond acceptors (Lipinski definition) is 9. The van der Waals surface area contributed by atoms with Crippen molar-refractivity contribution in [3.05, 3.63) is 83.5 Å². The Hall–Kier alpha value is -2.87. The molecule has 1 N–H and O–H groups in total. The Kier molecular flexibility index (Phi) is 10.8. The SMILES string of the molecule is COc1ccccc1Oc1c(NS(=O)(=O)C=Cc2ccc(C(C)(C)C)cc2)nc(-c2ncccn2)nc1OC.[K]. The second kappa shape index (κ2) is 13.7. The largest absolute Gasteiger partial charge is 0.493 e. The number of nitrogens with zero attached hydrogens (tertiary/aromatic N) is 4. The molecule has 2 aromatic carbocycles. The number of para-hydroxylation sites is 2. The van der Waals surface area contributed by atoms with Gasteiger partial charge >= 0.3 is 0 Å². The molecule has 0 aliphatic heterocycles. The van der Waals surface area contributed by atoms with E-state index in [1.807, 2.05) is 24.3 Å². The fraction of sp³-hybridized carbons (Fsp3) is 0.214. The van der Waals surface area contributed by atoms with Gasteiger partial charge in [-0.25, -0.2) is 23.4 Å². The summed E-state index contributed by atoms with van der Waals surface area (Å²) in [5.41, 5.74) is 1.85. The molecule has 0 bridgehead atoms. The fourth-order valence-electron chi connectivity index (χ4n) is 3.49. The van der Waals surface area contributed by atoms with Crippen LogP contribution in [0.2, 0.25) is 0 Å². The molecule has 40 heavy (non-hydrogen) atoms. The van der Waals surface area contributed by atoms with E-state index in [1.165, 1.54) is 32.7 Å². The van der Waals surface area contributed by atoms with Crippen LogP contribution < -0.4 is 18.9 Å². The number of anilines is 1. The van der Waals surface area contributed by atoms with Crippen LogP contribution in [0.15, 0.2) is 72.4 Å². The van der Waals surface area contributed by atoms with Gasteiger partial charge in [0.05, 0.1) is 19.6 Å². The van der Waals surface area contributed by atoms with E-state index < -0.39 is 10.0 Å². The maximum atomic E-state index is 13.2. The van der Waals surface area contributed by atoms with Crippen molar-refractivity contribution in [2.75, 3.05) is 18.9 Å². The second-order valence-electron chi connectivity index (χ2n) is 9.38. The predicted molar refractivity (Wildman–Crippen MR) is 155 cm³/mol. The first-order valence-electron chi connectivity index (χ1n) is 12.0. The molecule has 0 aliphatic carbocycles. The van der Waals surface area contributed by atoms with Gasteiger partial charge in [-0.15, -0.1) is 0 Å². The fourth-order valence-corrected chi connectivity index (χ4v) is 4.30. The molecule has 10 nitrogen and oxygen atoms in total. The van der Waals surface area contributed by atoms with Gasteiger partial charge in [0.15, 0.2) is 23.1 Å². The summed E-state index contributed by atoms with van der Waals surface area (Å²) in [6.07, 6.45) is 4.54. The average molecular weight is 587 g/mol. The molecule has 0 saturated carbocycles. The number of rotatable bonds is 9. The van der Waals surface area contributed by atoms with E-state index in [0.717, 1.165) is 16.5 Å². The zero-order valence-electron chi connectivity index (χ0n) is 23.2. The van der Waals surface area contributed by atoms with Gasteiger partial charge in [0.1, 0.15) is 0 Å². The first-order valence-corrected chi connectivity index (χ1v) is 13.5. The molecular weight excluding hydrogens is 558 g/mol. The van der Waals surface area contributed by atoms with Crippen LogP contribution in [0, 0.1) is 0 Å². The molecule has 12 heteroatoms. The van der Waals surface area contributed by atoms with E-state index in [9.17, 15) is 8.42 Å². The minimum Gasteiger partial charge on any atom is -0.493 e. The minimum atomic E-state index is -4.05. The maximum Gasteiger partial charge on any atom is 0.263 e. The molecule has 0 spiro atoms. The number of nitrogens with one attached hydrogen (secondary N) is 1. The monoisotopic (exact) mass is 586 g/mol. The molecule has 0 atom stereocenters. The van der Waals surface area contributed by atoms with Crippen LogP contribution in [0.3, 0.4) is 0 Å². The first kappa shape index (κ1) is 31.7. The van der Waals surface area contributed by atoms with Crippen LogP contribution in [0.5, 0.6) is 23.1 Å². The molecule has 0 fully saturated rings. The van der Waals surface area contributed by atoms with Gasteiger partial charge in [-0.1, -0.05) is 57.2 Å². The molecule has 2 aromatic heterocycles. The third kappa shape index (κ3) is 8.09. The Bertz CT molecular complexity index is 1580. The van der Waals surface area contributed by atoms with Crippen molar-refractivity contribution < 1.29 is 22.6 Å². The molecule has 4 aromatic rings. The predicted octanol–water partition coefficient (Wildman–Crippen LogP) is 5.07. The van der Waals surface area contributed by atoms with Crippen LogP contribution in [-0.2, 0) is 15.4 Å². The number of aromatic nitrogens is 4. The van der Waals surface area contributed by atoms with Crippen molar-refractivity contribution >= 4 is 73.3 Å². The van der Waals surface area contributed by atoms with Crippen molar-refractivity contribution in [1.82, 2.24) is 19.9 Å². The summed E-state index contributed by atoms with van der Waals surface area (Å²) in [6, 6.07) is 16.2. The smallest absolute Gasteiger partial charge is 0.263 e. The van der Waals surface area contributed by atoms with Gasteiger partial charge < -0.3 is 14.2 Å². The number of methoxy groups -OCH3 is 2. The van der Waals surface area contributed by atoms with E-state index >= 15 is 0 Å². The number of sulfonamides is 1. The summed E-state index contributed by atoms with van der Waals surface area (Å²) in [5.74, 6) is 0.686. The molecule has 0 amide bonds. The zero-order chi connectivity index (χ0) is 28.0. The summed E-state index contributed by atoms with van der Waals surface area (Å²) in [6.45, 7) is 6.34. The van der Waals surface area contributed by atoms with Crippen molar-refractivity contribution in [1.29, 1.82) is 0 Å². The van der Waals surface area contributed by atoms with Crippen LogP contribution >= 0.6 is 0 Å². The topological polar surface area (TPSA) is 125 Å². The maximum absolute atomic E-state index is 13.2. The van der Waals surface area contributed by atoms with Crippen LogP contribution in [0.4, 0.5) is 5.82 Å². The summed E-state index contributed by atoms with van der Waals surface area (Å²) in [7, 11) is -1.18. The number of ether oxygens (including phenoxy) is 3. The van der Waals surface area contributed by atoms with E-state index in [-0.39, 0.29) is 85.9 Å². The zero-order valence-corrected chi connectivity index (χ0v) is 27.2. The third-order valence-electron chi connectivity index (χ3n) is 5.53. The summed E-state index contributed by atoms with van der Waals surface area (Å²) in [4.78, 5) is 17.0. The molecule has 0 unspecified atom stereocenters. The Morgan fingerprint density at radius 1 is 0.825 bits per heavy atom. The summed E-state index contributed by atoms with van der Waals surface area (Å²) in [5, 5.41) is 1.05. The molecule has 0 aliphatic rings.